The number of rotatable bonds is 23. The van der Waals surface area contributed by atoms with E-state index in [-0.39, 0.29) is 12.4 Å². The Balaban J connectivity index is 0.000000361. The maximum Gasteiger partial charge on any atom is 0.412 e. The van der Waals surface area contributed by atoms with Gasteiger partial charge in [0.2, 0.25) is 0 Å². The fourth-order valence-electron chi connectivity index (χ4n) is 6.32. The van der Waals surface area contributed by atoms with Crippen LogP contribution in [-0.2, 0) is 59.0 Å². The van der Waals surface area contributed by atoms with E-state index in [2.05, 4.69) is 10.6 Å². The number of aliphatic carboxylic acids is 1. The van der Waals surface area contributed by atoms with Gasteiger partial charge in [-0.25, -0.2) is 19.2 Å². The van der Waals surface area contributed by atoms with Crippen molar-refractivity contribution in [2.24, 2.45) is 0 Å². The third kappa shape index (κ3) is 21.0. The zero-order valence-electron chi connectivity index (χ0n) is 41.4. The second-order valence-electron chi connectivity index (χ2n) is 17.2. The van der Waals surface area contributed by atoms with Crippen molar-refractivity contribution in [1.82, 2.24) is 0 Å². The number of methoxy groups -OCH3 is 2. The molecule has 4 aromatic carbocycles. The first-order valence-electron chi connectivity index (χ1n) is 22.7. The molecule has 0 bridgehead atoms. The molecule has 16 nitrogen and oxygen atoms in total. The molecule has 0 spiro atoms. The lowest BCUT2D eigenvalue weighted by molar-refractivity contribution is -0.156. The summed E-state index contributed by atoms with van der Waals surface area (Å²) in [5, 5.41) is 14.7. The van der Waals surface area contributed by atoms with Crippen LogP contribution in [0.1, 0.15) is 84.6 Å². The van der Waals surface area contributed by atoms with Gasteiger partial charge < -0.3 is 47.7 Å². The second kappa shape index (κ2) is 28.0. The highest BCUT2D eigenvalue weighted by Crippen LogP contribution is 2.30. The average Bonchev–Trinajstić information content (AvgIpc) is 3.27. The predicted molar refractivity (Wildman–Crippen MR) is 259 cm³/mol. The predicted octanol–water partition coefficient (Wildman–Crippen LogP) is 9.87. The van der Waals surface area contributed by atoms with Crippen LogP contribution in [0.3, 0.4) is 0 Å². The Hall–Kier alpha value is -6.52. The number of carbonyl (C=O) groups excluding carboxylic acids is 3. The summed E-state index contributed by atoms with van der Waals surface area (Å²) in [5.74, 6) is 0.935. The lowest BCUT2D eigenvalue weighted by Gasteiger charge is -2.19. The van der Waals surface area contributed by atoms with Gasteiger partial charge in [0.1, 0.15) is 11.2 Å². The summed E-state index contributed by atoms with van der Waals surface area (Å²) >= 11 is 0. The van der Waals surface area contributed by atoms with Gasteiger partial charge in [-0.2, -0.15) is 0 Å². The van der Waals surface area contributed by atoms with E-state index < -0.39 is 41.6 Å². The number of carbonyl (C=O) groups is 4. The molecule has 0 aliphatic carbocycles. The smallest absolute Gasteiger partial charge is 0.412 e. The highest BCUT2D eigenvalue weighted by Gasteiger charge is 2.23. The molecule has 0 heterocycles. The molecule has 0 radical (unpaired) electrons. The van der Waals surface area contributed by atoms with E-state index in [0.29, 0.717) is 86.7 Å². The minimum Gasteiger partial charge on any atom is -0.493 e. The van der Waals surface area contributed by atoms with E-state index >= 15 is 0 Å². The fraction of sp³-hybridized carbons (Fsp3) is 0.462. The van der Waals surface area contributed by atoms with Crippen LogP contribution in [-0.4, -0.2) is 99.9 Å². The molecule has 2 atom stereocenters. The summed E-state index contributed by atoms with van der Waals surface area (Å²) in [4.78, 5) is 47.2. The van der Waals surface area contributed by atoms with Crippen LogP contribution in [0.2, 0.25) is 0 Å². The molecule has 0 aliphatic rings. The molecule has 0 fully saturated rings. The highest BCUT2D eigenvalue weighted by atomic mass is 16.6. The number of anilines is 2. The first kappa shape index (κ1) is 55.8. The number of esters is 1. The number of benzene rings is 4. The first-order valence-corrected chi connectivity index (χ1v) is 22.7. The molecule has 0 saturated carbocycles. The Morgan fingerprint density at radius 1 is 0.529 bits per heavy atom. The van der Waals surface area contributed by atoms with Gasteiger partial charge in [-0.15, -0.1) is 0 Å². The van der Waals surface area contributed by atoms with E-state index in [1.54, 1.807) is 40.2 Å². The van der Waals surface area contributed by atoms with Crippen LogP contribution in [0.4, 0.5) is 21.0 Å². The van der Waals surface area contributed by atoms with Gasteiger partial charge in [0, 0.05) is 50.3 Å². The number of amides is 2. The van der Waals surface area contributed by atoms with Crippen molar-refractivity contribution in [2.75, 3.05) is 57.9 Å². The maximum atomic E-state index is 12.1. The maximum absolute atomic E-state index is 12.1. The summed E-state index contributed by atoms with van der Waals surface area (Å²) in [6, 6.07) is 25.9. The number of ether oxygens (including phenoxy) is 9. The molecule has 68 heavy (non-hydrogen) atoms. The van der Waals surface area contributed by atoms with Crippen molar-refractivity contribution in [3.05, 3.63) is 107 Å². The molecule has 372 valence electrons. The van der Waals surface area contributed by atoms with Crippen molar-refractivity contribution < 1.29 is 66.9 Å². The van der Waals surface area contributed by atoms with Crippen molar-refractivity contribution >= 4 is 35.5 Å². The molecule has 4 aromatic rings. The van der Waals surface area contributed by atoms with Crippen molar-refractivity contribution in [3.63, 3.8) is 0 Å². The SMILES string of the molecule is CCOC(=O)C(Cc1ccc(OCCc2ccc(NC(=O)OC(C)(C)C)cc2)c(OC)c1)OCC.CCOC(Cc1ccc(OCCc2ccc(NC(=O)OC(C)(C)C)cc2)c(OC)c1)C(=O)O. The van der Waals surface area contributed by atoms with Gasteiger partial charge in [-0.3, -0.25) is 10.6 Å². The molecule has 4 rings (SSSR count). The molecular formula is C52H70N2O14. The summed E-state index contributed by atoms with van der Waals surface area (Å²) in [6.45, 7) is 18.2. The van der Waals surface area contributed by atoms with Crippen LogP contribution in [0.5, 0.6) is 23.0 Å². The molecule has 0 aliphatic heterocycles. The van der Waals surface area contributed by atoms with E-state index in [9.17, 15) is 24.3 Å². The van der Waals surface area contributed by atoms with Gasteiger partial charge in [0.05, 0.1) is 34.0 Å². The molecule has 0 aromatic heterocycles. The Bertz CT molecular complexity index is 2180. The molecular weight excluding hydrogens is 877 g/mol. The minimum atomic E-state index is -0.997. The summed E-state index contributed by atoms with van der Waals surface area (Å²) in [6.07, 6.45) is -0.598. The zero-order valence-corrected chi connectivity index (χ0v) is 41.4. The largest absolute Gasteiger partial charge is 0.493 e. The van der Waals surface area contributed by atoms with Crippen LogP contribution in [0.25, 0.3) is 0 Å². The van der Waals surface area contributed by atoms with Crippen LogP contribution < -0.4 is 29.6 Å². The number of nitrogens with one attached hydrogen (secondary N) is 2. The lowest BCUT2D eigenvalue weighted by Crippen LogP contribution is -2.29. The van der Waals surface area contributed by atoms with Gasteiger partial charge in [0.15, 0.2) is 35.2 Å². The van der Waals surface area contributed by atoms with Crippen LogP contribution in [0.15, 0.2) is 84.9 Å². The highest BCUT2D eigenvalue weighted by molar-refractivity contribution is 5.85. The van der Waals surface area contributed by atoms with Crippen molar-refractivity contribution in [3.8, 4) is 23.0 Å². The fourth-order valence-corrected chi connectivity index (χ4v) is 6.32. The van der Waals surface area contributed by atoms with E-state index in [0.717, 1.165) is 22.3 Å². The Kier molecular flexibility index (Phi) is 22.9. The Morgan fingerprint density at radius 3 is 1.26 bits per heavy atom. The number of hydrogen-bond acceptors (Lipinski definition) is 13. The normalized spacial score (nSPS) is 12.0. The summed E-state index contributed by atoms with van der Waals surface area (Å²) in [5.41, 5.74) is 3.98. The number of carboxylic acids is 1. The standard InChI is InChI=1S/C27H37NO7.C25H33NO7/c1-7-32-24(25(29)33-8-2)18-20-11-14-22(23(17-20)31-6)34-16-15-19-9-12-21(13-10-19)28-26(30)35-27(3,4)5;1-6-31-22(23(27)28)16-18-9-12-20(21(15-18)30-5)32-14-13-17-7-10-19(11-8-17)26-24(29)33-25(2,3)4/h9-14,17,24H,7-8,15-16,18H2,1-6H3,(H,28,30);7-12,15,22H,6,13-14,16H2,1-5H3,(H,26,29)(H,27,28). The topological polar surface area (TPSA) is 196 Å². The first-order chi connectivity index (χ1) is 32.3. The van der Waals surface area contributed by atoms with Gasteiger partial charge in [0.25, 0.3) is 0 Å². The minimum absolute atomic E-state index is 0.240. The quantitative estimate of drug-likeness (QED) is 0.0469. The molecule has 0 saturated heterocycles. The summed E-state index contributed by atoms with van der Waals surface area (Å²) < 4.78 is 49.1. The molecule has 2 unspecified atom stereocenters. The van der Waals surface area contributed by atoms with Gasteiger partial charge >= 0.3 is 24.1 Å². The van der Waals surface area contributed by atoms with Crippen LogP contribution >= 0.6 is 0 Å². The monoisotopic (exact) mass is 946 g/mol. The van der Waals surface area contributed by atoms with Gasteiger partial charge in [-0.05, 0) is 133 Å². The van der Waals surface area contributed by atoms with E-state index in [4.69, 9.17) is 42.6 Å². The second-order valence-corrected chi connectivity index (χ2v) is 17.2. The lowest BCUT2D eigenvalue weighted by atomic mass is 10.1. The average molecular weight is 947 g/mol. The van der Waals surface area contributed by atoms with Gasteiger partial charge in [-0.1, -0.05) is 36.4 Å². The third-order valence-electron chi connectivity index (χ3n) is 9.35. The third-order valence-corrected chi connectivity index (χ3v) is 9.35. The Morgan fingerprint density at radius 2 is 0.912 bits per heavy atom. The van der Waals surface area contributed by atoms with E-state index in [1.165, 1.54) is 0 Å². The Labute approximate surface area is 400 Å². The van der Waals surface area contributed by atoms with Crippen molar-refractivity contribution in [1.29, 1.82) is 0 Å². The van der Waals surface area contributed by atoms with Crippen molar-refractivity contribution in [2.45, 2.75) is 111 Å². The number of hydrogen-bond donors (Lipinski definition) is 3. The van der Waals surface area contributed by atoms with E-state index in [1.807, 2.05) is 121 Å². The summed E-state index contributed by atoms with van der Waals surface area (Å²) in [7, 11) is 3.12. The molecule has 16 heteroatoms. The molecule has 3 N–H and O–H groups in total. The zero-order chi connectivity index (χ0) is 50.3. The number of carboxylic acid groups (broad SMARTS) is 1. The molecule has 2 amide bonds. The van der Waals surface area contributed by atoms with Crippen LogP contribution in [0, 0.1) is 0 Å².